The molecule has 0 aromatic heterocycles. The first-order valence-corrected chi connectivity index (χ1v) is 8.65. The van der Waals surface area contributed by atoms with Crippen molar-refractivity contribution in [2.24, 2.45) is 0 Å². The largest absolute Gasteiger partial charge is 0.344 e. The van der Waals surface area contributed by atoms with E-state index < -0.39 is 0 Å². The number of hydrogen-bond acceptors (Lipinski definition) is 4. The Morgan fingerprint density at radius 3 is 2.86 bits per heavy atom. The second-order valence-corrected chi connectivity index (χ2v) is 7.25. The van der Waals surface area contributed by atoms with Crippen molar-refractivity contribution in [3.05, 3.63) is 30.1 Å². The van der Waals surface area contributed by atoms with E-state index in [1.54, 1.807) is 34.9 Å². The molecule has 0 unspecified atom stereocenters. The predicted octanol–water partition coefficient (Wildman–Crippen LogP) is 2.15. The van der Waals surface area contributed by atoms with E-state index in [1.165, 1.54) is 6.07 Å². The lowest BCUT2D eigenvalue weighted by molar-refractivity contribution is -0.121. The van der Waals surface area contributed by atoms with Crippen molar-refractivity contribution in [1.82, 2.24) is 9.80 Å². The van der Waals surface area contributed by atoms with Crippen molar-refractivity contribution < 1.29 is 9.18 Å². The highest BCUT2D eigenvalue weighted by atomic mass is 32.2. The number of para-hydroxylation sites is 1. The maximum atomic E-state index is 13.9. The number of amides is 1. The summed E-state index contributed by atoms with van der Waals surface area (Å²) < 4.78 is 14.8. The third kappa shape index (κ3) is 2.98. The molecule has 1 atom stereocenters. The summed E-state index contributed by atoms with van der Waals surface area (Å²) in [6, 6.07) is 6.21. The van der Waals surface area contributed by atoms with Crippen LogP contribution in [0.1, 0.15) is 6.42 Å². The summed E-state index contributed by atoms with van der Waals surface area (Å²) in [7, 11) is 1.93. The van der Waals surface area contributed by atoms with Crippen molar-refractivity contribution in [1.29, 1.82) is 0 Å². The average Bonchev–Trinajstić information content (AvgIpc) is 3.06. The van der Waals surface area contributed by atoms with E-state index in [0.717, 1.165) is 16.6 Å². The summed E-state index contributed by atoms with van der Waals surface area (Å²) in [6.45, 7) is 2.12. The highest BCUT2D eigenvalue weighted by molar-refractivity contribution is 8.23. The van der Waals surface area contributed by atoms with Gasteiger partial charge in [-0.05, 0) is 25.6 Å². The summed E-state index contributed by atoms with van der Waals surface area (Å²) in [6.07, 6.45) is 0.706. The van der Waals surface area contributed by atoms with Crippen LogP contribution in [0.25, 0.3) is 0 Å². The zero-order valence-electron chi connectivity index (χ0n) is 12.4. The maximum Gasteiger partial charge on any atom is 0.244 e. The van der Waals surface area contributed by atoms with Crippen LogP contribution in [0.3, 0.4) is 0 Å². The molecule has 0 saturated carbocycles. The Labute approximate surface area is 139 Å². The predicted molar refractivity (Wildman–Crippen MR) is 91.6 cm³/mol. The van der Waals surface area contributed by atoms with E-state index in [0.29, 0.717) is 25.3 Å². The highest BCUT2D eigenvalue weighted by Crippen LogP contribution is 2.27. The van der Waals surface area contributed by atoms with Gasteiger partial charge in [0.25, 0.3) is 0 Å². The van der Waals surface area contributed by atoms with Gasteiger partial charge in [0.1, 0.15) is 10.1 Å². The number of thiocarbonyl (C=S) groups is 1. The zero-order chi connectivity index (χ0) is 15.7. The maximum absolute atomic E-state index is 13.9. The third-order valence-electron chi connectivity index (χ3n) is 4.09. The number of nitrogens with zero attached hydrogens (tertiary/aromatic N) is 3. The number of benzene rings is 1. The summed E-state index contributed by atoms with van der Waals surface area (Å²) in [5, 5.41) is 0. The minimum Gasteiger partial charge on any atom is -0.344 e. The van der Waals surface area contributed by atoms with Gasteiger partial charge in [0.05, 0.1) is 18.4 Å². The molecule has 2 fully saturated rings. The van der Waals surface area contributed by atoms with Gasteiger partial charge in [-0.1, -0.05) is 36.1 Å². The van der Waals surface area contributed by atoms with Gasteiger partial charge in [-0.2, -0.15) is 0 Å². The Bertz CT molecular complexity index is 598. The topological polar surface area (TPSA) is 26.8 Å². The van der Waals surface area contributed by atoms with Gasteiger partial charge in [-0.3, -0.25) is 9.69 Å². The lowest BCUT2D eigenvalue weighted by atomic mass is 10.2. The minimum absolute atomic E-state index is 0.0367. The number of hydrogen-bond donors (Lipinski definition) is 0. The van der Waals surface area contributed by atoms with Crippen molar-refractivity contribution >= 4 is 39.9 Å². The Hall–Kier alpha value is -1.18. The molecule has 7 heteroatoms. The van der Waals surface area contributed by atoms with Crippen LogP contribution in [0.5, 0.6) is 0 Å². The minimum atomic E-state index is -0.351. The SMILES string of the molecule is CN(CN1CCSC1=S)[C@H]1CCN(c2ccccc2F)C1=O. The van der Waals surface area contributed by atoms with Crippen LogP contribution in [0.15, 0.2) is 24.3 Å². The number of halogens is 1. The van der Waals surface area contributed by atoms with E-state index in [9.17, 15) is 9.18 Å². The first-order valence-electron chi connectivity index (χ1n) is 7.26. The molecule has 118 valence electrons. The van der Waals surface area contributed by atoms with Crippen molar-refractivity contribution in [2.75, 3.05) is 37.5 Å². The molecule has 0 spiro atoms. The molecule has 2 saturated heterocycles. The molecule has 22 heavy (non-hydrogen) atoms. The molecule has 2 aliphatic rings. The summed E-state index contributed by atoms with van der Waals surface area (Å²) in [4.78, 5) is 18.3. The number of carbonyl (C=O) groups excluding carboxylic acids is 1. The van der Waals surface area contributed by atoms with Crippen LogP contribution < -0.4 is 4.90 Å². The van der Waals surface area contributed by atoms with Gasteiger partial charge in [0.2, 0.25) is 5.91 Å². The van der Waals surface area contributed by atoms with E-state index in [2.05, 4.69) is 4.90 Å². The van der Waals surface area contributed by atoms with Crippen molar-refractivity contribution in [3.8, 4) is 0 Å². The molecule has 1 aromatic carbocycles. The van der Waals surface area contributed by atoms with Gasteiger partial charge in [0.15, 0.2) is 0 Å². The fourth-order valence-electron chi connectivity index (χ4n) is 2.91. The summed E-state index contributed by atoms with van der Waals surface area (Å²) in [5.41, 5.74) is 0.371. The van der Waals surface area contributed by atoms with Gasteiger partial charge in [-0.25, -0.2) is 4.39 Å². The number of anilines is 1. The molecule has 0 radical (unpaired) electrons. The molecule has 3 rings (SSSR count). The average molecular weight is 339 g/mol. The quantitative estimate of drug-likeness (QED) is 0.784. The first kappa shape index (κ1) is 15.7. The third-order valence-corrected chi connectivity index (χ3v) is 5.59. The van der Waals surface area contributed by atoms with Crippen LogP contribution in [0, 0.1) is 5.82 Å². The molecular weight excluding hydrogens is 321 g/mol. The van der Waals surface area contributed by atoms with Gasteiger partial charge < -0.3 is 9.80 Å². The fraction of sp³-hybridized carbons (Fsp3) is 0.467. The summed E-state index contributed by atoms with van der Waals surface area (Å²) >= 11 is 6.97. The van der Waals surface area contributed by atoms with Crippen molar-refractivity contribution in [2.45, 2.75) is 12.5 Å². The lowest BCUT2D eigenvalue weighted by Gasteiger charge is -2.28. The normalized spacial score (nSPS) is 22.2. The number of likely N-dealkylation sites (N-methyl/N-ethyl adjacent to an activating group) is 1. The fourth-order valence-corrected chi connectivity index (χ4v) is 4.12. The zero-order valence-corrected chi connectivity index (χ0v) is 14.0. The second kappa shape index (κ2) is 6.52. The number of rotatable bonds is 4. The number of carbonyl (C=O) groups is 1. The van der Waals surface area contributed by atoms with Gasteiger partial charge in [0, 0.05) is 18.8 Å². The Balaban J connectivity index is 1.68. The Morgan fingerprint density at radius 2 is 2.18 bits per heavy atom. The molecule has 1 amide bonds. The van der Waals surface area contributed by atoms with Gasteiger partial charge in [-0.15, -0.1) is 0 Å². The van der Waals surface area contributed by atoms with E-state index >= 15 is 0 Å². The molecule has 0 N–H and O–H groups in total. The van der Waals surface area contributed by atoms with Crippen LogP contribution in [0.2, 0.25) is 0 Å². The second-order valence-electron chi connectivity index (χ2n) is 5.52. The standard InChI is InChI=1S/C15H18FN3OS2/c1-17(10-18-8-9-22-15(18)21)13-6-7-19(14(13)20)12-5-3-2-4-11(12)16/h2-5,13H,6-10H2,1H3/t13-/m0/s1. The van der Waals surface area contributed by atoms with Crippen molar-refractivity contribution in [3.63, 3.8) is 0 Å². The van der Waals surface area contributed by atoms with Crippen LogP contribution in [-0.2, 0) is 4.79 Å². The summed E-state index contributed by atoms with van der Waals surface area (Å²) in [5.74, 6) is 0.619. The van der Waals surface area contributed by atoms with E-state index in [1.807, 2.05) is 11.9 Å². The van der Waals surface area contributed by atoms with Crippen LogP contribution in [-0.4, -0.2) is 58.6 Å². The molecule has 0 aliphatic carbocycles. The lowest BCUT2D eigenvalue weighted by Crippen LogP contribution is -2.45. The smallest absolute Gasteiger partial charge is 0.244 e. The Kier molecular flexibility index (Phi) is 4.65. The molecule has 1 aromatic rings. The Morgan fingerprint density at radius 1 is 1.41 bits per heavy atom. The van der Waals surface area contributed by atoms with Crippen LogP contribution >= 0.6 is 24.0 Å². The van der Waals surface area contributed by atoms with E-state index in [-0.39, 0.29) is 17.8 Å². The monoisotopic (exact) mass is 339 g/mol. The first-order chi connectivity index (χ1) is 10.6. The molecule has 0 bridgehead atoms. The molecule has 2 aliphatic heterocycles. The van der Waals surface area contributed by atoms with E-state index in [4.69, 9.17) is 12.2 Å². The van der Waals surface area contributed by atoms with Crippen LogP contribution in [0.4, 0.5) is 10.1 Å². The number of thioether (sulfide) groups is 1. The highest BCUT2D eigenvalue weighted by Gasteiger charge is 2.37. The van der Waals surface area contributed by atoms with Gasteiger partial charge >= 0.3 is 0 Å². The molecule has 4 nitrogen and oxygen atoms in total. The molecular formula is C15H18FN3OS2. The molecule has 2 heterocycles.